The van der Waals surface area contributed by atoms with E-state index in [4.69, 9.17) is 0 Å². The number of nitrogens with one attached hydrogen (secondary N) is 2. The van der Waals surface area contributed by atoms with Gasteiger partial charge in [0.25, 0.3) is 5.91 Å². The normalized spacial score (nSPS) is 10.8. The van der Waals surface area contributed by atoms with Gasteiger partial charge in [-0.3, -0.25) is 4.79 Å². The number of hydrogen-bond acceptors (Lipinski definition) is 4. The van der Waals surface area contributed by atoms with Gasteiger partial charge in [-0.1, -0.05) is 17.7 Å². The molecule has 0 saturated heterocycles. The standard InChI is InChI=1S/C19H19N3O2/c1-12-4-6-17(13(2)8-12)21-11-15(10-20)19(24)22-18-7-5-16(23)9-14(18)3/h4-9,11,21,23H,1-3H3,(H,22,24)/b15-11-. The number of phenolic OH excluding ortho intramolecular Hbond substituents is 1. The summed E-state index contributed by atoms with van der Waals surface area (Å²) in [7, 11) is 0. The molecule has 0 aliphatic carbocycles. The summed E-state index contributed by atoms with van der Waals surface area (Å²) in [5, 5.41) is 24.3. The molecule has 0 aliphatic rings. The molecule has 2 aromatic carbocycles. The number of phenols is 1. The number of amides is 1. The van der Waals surface area contributed by atoms with Crippen LogP contribution in [0.1, 0.15) is 16.7 Å². The van der Waals surface area contributed by atoms with Gasteiger partial charge in [0.15, 0.2) is 0 Å². The Kier molecular flexibility index (Phi) is 5.23. The number of aryl methyl sites for hydroxylation is 3. The van der Waals surface area contributed by atoms with Gasteiger partial charge < -0.3 is 15.7 Å². The molecule has 24 heavy (non-hydrogen) atoms. The SMILES string of the molecule is Cc1ccc(N/C=C(/C#N)C(=O)Nc2ccc(O)cc2C)c(C)c1. The molecule has 0 atom stereocenters. The van der Waals surface area contributed by atoms with E-state index in [1.165, 1.54) is 12.3 Å². The number of nitriles is 1. The highest BCUT2D eigenvalue weighted by Crippen LogP contribution is 2.21. The minimum absolute atomic E-state index is 0.0394. The molecule has 0 heterocycles. The van der Waals surface area contributed by atoms with E-state index in [9.17, 15) is 15.2 Å². The van der Waals surface area contributed by atoms with E-state index in [0.717, 1.165) is 16.8 Å². The largest absolute Gasteiger partial charge is 0.508 e. The Hall–Kier alpha value is -3.26. The lowest BCUT2D eigenvalue weighted by Gasteiger charge is -2.09. The van der Waals surface area contributed by atoms with Crippen molar-refractivity contribution in [3.8, 4) is 11.8 Å². The summed E-state index contributed by atoms with van der Waals surface area (Å²) in [5.74, 6) is -0.387. The molecule has 0 spiro atoms. The zero-order valence-corrected chi connectivity index (χ0v) is 13.8. The maximum Gasteiger partial charge on any atom is 0.267 e. The number of carbonyl (C=O) groups excluding carboxylic acids is 1. The van der Waals surface area contributed by atoms with Crippen molar-refractivity contribution in [2.24, 2.45) is 0 Å². The fourth-order valence-electron chi connectivity index (χ4n) is 2.25. The average Bonchev–Trinajstić information content (AvgIpc) is 2.52. The van der Waals surface area contributed by atoms with Crippen LogP contribution in [0.5, 0.6) is 5.75 Å². The van der Waals surface area contributed by atoms with Crippen LogP contribution in [-0.4, -0.2) is 11.0 Å². The second kappa shape index (κ2) is 7.34. The molecule has 2 aromatic rings. The van der Waals surface area contributed by atoms with Crippen LogP contribution in [0.2, 0.25) is 0 Å². The average molecular weight is 321 g/mol. The zero-order valence-electron chi connectivity index (χ0n) is 13.8. The zero-order chi connectivity index (χ0) is 17.7. The number of aromatic hydroxyl groups is 1. The highest BCUT2D eigenvalue weighted by Gasteiger charge is 2.11. The van der Waals surface area contributed by atoms with Gasteiger partial charge in [-0.2, -0.15) is 5.26 Å². The van der Waals surface area contributed by atoms with E-state index in [-0.39, 0.29) is 11.3 Å². The molecule has 5 heteroatoms. The van der Waals surface area contributed by atoms with Crippen LogP contribution >= 0.6 is 0 Å². The predicted molar refractivity (Wildman–Crippen MR) is 94.7 cm³/mol. The highest BCUT2D eigenvalue weighted by molar-refractivity contribution is 6.07. The lowest BCUT2D eigenvalue weighted by molar-refractivity contribution is -0.112. The lowest BCUT2D eigenvalue weighted by atomic mass is 10.1. The summed E-state index contributed by atoms with van der Waals surface area (Å²) in [6.07, 6.45) is 1.39. The quantitative estimate of drug-likeness (QED) is 0.454. The van der Waals surface area contributed by atoms with Crippen molar-refractivity contribution in [1.29, 1.82) is 5.26 Å². The summed E-state index contributed by atoms with van der Waals surface area (Å²) >= 11 is 0. The maximum absolute atomic E-state index is 12.2. The Balaban J connectivity index is 2.15. The molecular formula is C19H19N3O2. The number of nitrogens with zero attached hydrogens (tertiary/aromatic N) is 1. The summed E-state index contributed by atoms with van der Waals surface area (Å²) in [6, 6.07) is 12.4. The molecule has 0 aliphatic heterocycles. The molecule has 0 aromatic heterocycles. The fraction of sp³-hybridized carbons (Fsp3) is 0.158. The van der Waals surface area contributed by atoms with Crippen LogP contribution in [0, 0.1) is 32.1 Å². The summed E-state index contributed by atoms with van der Waals surface area (Å²) in [6.45, 7) is 5.72. The smallest absolute Gasteiger partial charge is 0.267 e. The van der Waals surface area contributed by atoms with Crippen LogP contribution in [-0.2, 0) is 4.79 Å². The first kappa shape index (κ1) is 17.1. The Morgan fingerprint density at radius 2 is 1.75 bits per heavy atom. The number of hydrogen-bond donors (Lipinski definition) is 3. The minimum atomic E-state index is -0.511. The topological polar surface area (TPSA) is 85.2 Å². The van der Waals surface area contributed by atoms with Crippen molar-refractivity contribution in [2.45, 2.75) is 20.8 Å². The van der Waals surface area contributed by atoms with Crippen molar-refractivity contribution in [3.05, 3.63) is 64.9 Å². The number of rotatable bonds is 4. The highest BCUT2D eigenvalue weighted by atomic mass is 16.3. The van der Waals surface area contributed by atoms with Crippen LogP contribution in [0.25, 0.3) is 0 Å². The van der Waals surface area contributed by atoms with Crippen molar-refractivity contribution >= 4 is 17.3 Å². The van der Waals surface area contributed by atoms with E-state index in [1.54, 1.807) is 19.1 Å². The first-order valence-electron chi connectivity index (χ1n) is 7.45. The lowest BCUT2D eigenvalue weighted by Crippen LogP contribution is -2.15. The van der Waals surface area contributed by atoms with Gasteiger partial charge in [0.05, 0.1) is 0 Å². The van der Waals surface area contributed by atoms with Gasteiger partial charge in [-0.05, 0) is 56.2 Å². The molecule has 2 rings (SSSR count). The molecule has 0 radical (unpaired) electrons. The van der Waals surface area contributed by atoms with Gasteiger partial charge in [-0.15, -0.1) is 0 Å². The molecule has 0 saturated carbocycles. The van der Waals surface area contributed by atoms with Gasteiger partial charge in [0.1, 0.15) is 17.4 Å². The fourth-order valence-corrected chi connectivity index (χ4v) is 2.25. The van der Waals surface area contributed by atoms with E-state index in [1.807, 2.05) is 38.1 Å². The van der Waals surface area contributed by atoms with E-state index < -0.39 is 5.91 Å². The molecule has 1 amide bonds. The van der Waals surface area contributed by atoms with Crippen molar-refractivity contribution in [3.63, 3.8) is 0 Å². The third-order valence-corrected chi connectivity index (χ3v) is 3.58. The first-order chi connectivity index (χ1) is 11.4. The molecule has 3 N–H and O–H groups in total. The van der Waals surface area contributed by atoms with E-state index >= 15 is 0 Å². The summed E-state index contributed by atoms with van der Waals surface area (Å²) < 4.78 is 0. The van der Waals surface area contributed by atoms with E-state index in [2.05, 4.69) is 10.6 Å². The first-order valence-corrected chi connectivity index (χ1v) is 7.45. The number of anilines is 2. The maximum atomic E-state index is 12.2. The number of carbonyl (C=O) groups is 1. The third kappa shape index (κ3) is 4.14. The molecule has 0 bridgehead atoms. The number of benzene rings is 2. The summed E-state index contributed by atoms with van der Waals surface area (Å²) in [4.78, 5) is 12.2. The van der Waals surface area contributed by atoms with Gasteiger partial charge >= 0.3 is 0 Å². The Bertz CT molecular complexity index is 848. The van der Waals surface area contributed by atoms with Crippen LogP contribution in [0.4, 0.5) is 11.4 Å². The predicted octanol–water partition coefficient (Wildman–Crippen LogP) is 3.78. The van der Waals surface area contributed by atoms with Gasteiger partial charge in [0.2, 0.25) is 0 Å². The molecular weight excluding hydrogens is 302 g/mol. The van der Waals surface area contributed by atoms with Crippen molar-refractivity contribution in [2.75, 3.05) is 10.6 Å². The summed E-state index contributed by atoms with van der Waals surface area (Å²) in [5.41, 5.74) is 4.22. The van der Waals surface area contributed by atoms with Crippen molar-refractivity contribution < 1.29 is 9.90 Å². The molecule has 0 fully saturated rings. The van der Waals surface area contributed by atoms with Crippen LogP contribution in [0.15, 0.2) is 48.2 Å². The second-order valence-electron chi connectivity index (χ2n) is 5.59. The molecule has 122 valence electrons. The Labute approximate surface area is 141 Å². The Morgan fingerprint density at radius 3 is 2.38 bits per heavy atom. The van der Waals surface area contributed by atoms with Gasteiger partial charge in [-0.25, -0.2) is 0 Å². The molecule has 5 nitrogen and oxygen atoms in total. The minimum Gasteiger partial charge on any atom is -0.508 e. The second-order valence-corrected chi connectivity index (χ2v) is 5.59. The van der Waals surface area contributed by atoms with Crippen LogP contribution in [0.3, 0.4) is 0 Å². The monoisotopic (exact) mass is 321 g/mol. The van der Waals surface area contributed by atoms with Gasteiger partial charge in [0, 0.05) is 17.6 Å². The van der Waals surface area contributed by atoms with E-state index in [0.29, 0.717) is 11.3 Å². The Morgan fingerprint density at radius 1 is 1.08 bits per heavy atom. The van der Waals surface area contributed by atoms with Crippen LogP contribution < -0.4 is 10.6 Å². The molecule has 0 unspecified atom stereocenters. The third-order valence-electron chi connectivity index (χ3n) is 3.58. The van der Waals surface area contributed by atoms with Crippen molar-refractivity contribution in [1.82, 2.24) is 0 Å².